The fourth-order valence-electron chi connectivity index (χ4n) is 3.14. The third kappa shape index (κ3) is 2.47. The molecule has 0 aliphatic heterocycles. The minimum atomic E-state index is -0.832. The van der Waals surface area contributed by atoms with Crippen LogP contribution in [0.5, 0.6) is 0 Å². The predicted octanol–water partition coefficient (Wildman–Crippen LogP) is 4.05. The average Bonchev–Trinajstić information content (AvgIpc) is 2.33. The summed E-state index contributed by atoms with van der Waals surface area (Å²) in [5.41, 5.74) is 2.20. The Bertz CT molecular complexity index is 440. The van der Waals surface area contributed by atoms with Crippen LogP contribution >= 0.6 is 0 Å². The quantitative estimate of drug-likeness (QED) is 0.771. The van der Waals surface area contributed by atoms with Gasteiger partial charge in [-0.3, -0.25) is 4.79 Å². The number of rotatable bonds is 2. The molecule has 2 heteroatoms. The molecule has 1 nitrogen and oxygen atoms in total. The van der Waals surface area contributed by atoms with E-state index in [4.69, 9.17) is 0 Å². The van der Waals surface area contributed by atoms with Crippen molar-refractivity contribution in [2.75, 3.05) is 0 Å². The maximum absolute atomic E-state index is 14.4. The SMILES string of the molecule is CC(=O)C1CC(C)C(F)C(c2ccccc2C)C1. The standard InChI is InChI=1S/C16H21FO/c1-10-6-4-5-7-14(10)15-9-13(12(3)18)8-11(2)16(15)17/h4-7,11,13,15-16H,8-9H2,1-3H3. The summed E-state index contributed by atoms with van der Waals surface area (Å²) in [6.07, 6.45) is 0.520. The Balaban J connectivity index is 2.30. The lowest BCUT2D eigenvalue weighted by Gasteiger charge is -2.36. The number of alkyl halides is 1. The Hall–Kier alpha value is -1.18. The second-order valence-electron chi connectivity index (χ2n) is 5.66. The van der Waals surface area contributed by atoms with E-state index in [1.807, 2.05) is 38.1 Å². The number of Topliss-reactive ketones (excluding diaryl/α,β-unsaturated/α-hetero) is 1. The number of aryl methyl sites for hydroxylation is 1. The van der Waals surface area contributed by atoms with Crippen molar-refractivity contribution in [2.24, 2.45) is 11.8 Å². The highest BCUT2D eigenvalue weighted by atomic mass is 19.1. The topological polar surface area (TPSA) is 17.1 Å². The summed E-state index contributed by atoms with van der Waals surface area (Å²) >= 11 is 0. The van der Waals surface area contributed by atoms with Crippen molar-refractivity contribution in [3.8, 4) is 0 Å². The fourth-order valence-corrected chi connectivity index (χ4v) is 3.14. The Morgan fingerprint density at radius 2 is 1.94 bits per heavy atom. The molecule has 0 saturated heterocycles. The summed E-state index contributed by atoms with van der Waals surface area (Å²) in [6.45, 7) is 5.57. The van der Waals surface area contributed by atoms with Crippen molar-refractivity contribution >= 4 is 5.78 Å². The van der Waals surface area contributed by atoms with Crippen LogP contribution in [0.15, 0.2) is 24.3 Å². The van der Waals surface area contributed by atoms with Gasteiger partial charge in [-0.25, -0.2) is 4.39 Å². The molecule has 1 aliphatic rings. The highest BCUT2D eigenvalue weighted by molar-refractivity contribution is 5.78. The summed E-state index contributed by atoms with van der Waals surface area (Å²) in [7, 11) is 0. The lowest BCUT2D eigenvalue weighted by atomic mass is 9.70. The van der Waals surface area contributed by atoms with Crippen molar-refractivity contribution in [3.05, 3.63) is 35.4 Å². The van der Waals surface area contributed by atoms with Crippen molar-refractivity contribution < 1.29 is 9.18 Å². The van der Waals surface area contributed by atoms with Gasteiger partial charge in [0.1, 0.15) is 12.0 Å². The molecule has 4 unspecified atom stereocenters. The van der Waals surface area contributed by atoms with Gasteiger partial charge in [-0.15, -0.1) is 0 Å². The first kappa shape index (κ1) is 13.3. The summed E-state index contributed by atoms with van der Waals surface area (Å²) in [6, 6.07) is 7.95. The Morgan fingerprint density at radius 3 is 2.56 bits per heavy atom. The summed E-state index contributed by atoms with van der Waals surface area (Å²) in [4.78, 5) is 11.6. The van der Waals surface area contributed by atoms with Crippen LogP contribution < -0.4 is 0 Å². The number of carbonyl (C=O) groups is 1. The molecule has 98 valence electrons. The first-order chi connectivity index (χ1) is 8.50. The molecule has 1 aromatic carbocycles. The fraction of sp³-hybridized carbons (Fsp3) is 0.562. The lowest BCUT2D eigenvalue weighted by Crippen LogP contribution is -2.34. The van der Waals surface area contributed by atoms with Gasteiger partial charge < -0.3 is 0 Å². The van der Waals surface area contributed by atoms with E-state index in [0.717, 1.165) is 11.1 Å². The van der Waals surface area contributed by atoms with Crippen molar-refractivity contribution in [1.29, 1.82) is 0 Å². The Morgan fingerprint density at radius 1 is 1.28 bits per heavy atom. The summed E-state index contributed by atoms with van der Waals surface area (Å²) < 4.78 is 14.4. The number of hydrogen-bond acceptors (Lipinski definition) is 1. The van der Waals surface area contributed by atoms with Gasteiger partial charge in [-0.2, -0.15) is 0 Å². The van der Waals surface area contributed by atoms with Gasteiger partial charge in [0, 0.05) is 11.8 Å². The molecule has 0 aromatic heterocycles. The molecular weight excluding hydrogens is 227 g/mol. The van der Waals surface area contributed by atoms with E-state index in [2.05, 4.69) is 0 Å². The minimum Gasteiger partial charge on any atom is -0.300 e. The van der Waals surface area contributed by atoms with E-state index in [1.165, 1.54) is 0 Å². The first-order valence-electron chi connectivity index (χ1n) is 6.70. The van der Waals surface area contributed by atoms with Crippen molar-refractivity contribution in [2.45, 2.75) is 45.7 Å². The van der Waals surface area contributed by atoms with E-state index < -0.39 is 6.17 Å². The maximum atomic E-state index is 14.4. The van der Waals surface area contributed by atoms with Gasteiger partial charge in [-0.1, -0.05) is 31.2 Å². The van der Waals surface area contributed by atoms with Crippen LogP contribution in [-0.2, 0) is 4.79 Å². The molecule has 4 atom stereocenters. The zero-order valence-corrected chi connectivity index (χ0v) is 11.3. The van der Waals surface area contributed by atoms with Crippen molar-refractivity contribution in [1.82, 2.24) is 0 Å². The third-order valence-electron chi connectivity index (χ3n) is 4.29. The Kier molecular flexibility index (Phi) is 3.84. The molecule has 1 aromatic rings. The molecular formula is C16H21FO. The highest BCUT2D eigenvalue weighted by Crippen LogP contribution is 2.42. The van der Waals surface area contributed by atoms with Gasteiger partial charge >= 0.3 is 0 Å². The van der Waals surface area contributed by atoms with Crippen LogP contribution in [0.25, 0.3) is 0 Å². The van der Waals surface area contributed by atoms with E-state index in [-0.39, 0.29) is 23.5 Å². The monoisotopic (exact) mass is 248 g/mol. The molecule has 0 radical (unpaired) electrons. The van der Waals surface area contributed by atoms with Gasteiger partial charge in [0.25, 0.3) is 0 Å². The van der Waals surface area contributed by atoms with E-state index in [1.54, 1.807) is 6.92 Å². The van der Waals surface area contributed by atoms with Crippen LogP contribution in [0.4, 0.5) is 4.39 Å². The maximum Gasteiger partial charge on any atom is 0.132 e. The van der Waals surface area contributed by atoms with Crippen molar-refractivity contribution in [3.63, 3.8) is 0 Å². The third-order valence-corrected chi connectivity index (χ3v) is 4.29. The molecule has 18 heavy (non-hydrogen) atoms. The minimum absolute atomic E-state index is 0.0246. The number of hydrogen-bond donors (Lipinski definition) is 0. The van der Waals surface area contributed by atoms with Crippen LogP contribution in [0.1, 0.15) is 43.7 Å². The van der Waals surface area contributed by atoms with E-state index in [0.29, 0.717) is 12.8 Å². The second-order valence-corrected chi connectivity index (χ2v) is 5.66. The predicted molar refractivity (Wildman–Crippen MR) is 71.4 cm³/mol. The van der Waals surface area contributed by atoms with Gasteiger partial charge in [-0.05, 0) is 43.7 Å². The van der Waals surface area contributed by atoms with Gasteiger partial charge in [0.2, 0.25) is 0 Å². The van der Waals surface area contributed by atoms with E-state index >= 15 is 0 Å². The molecule has 1 fully saturated rings. The lowest BCUT2D eigenvalue weighted by molar-refractivity contribution is -0.123. The molecule has 1 aliphatic carbocycles. The molecule has 0 bridgehead atoms. The van der Waals surface area contributed by atoms with Gasteiger partial charge in [0.15, 0.2) is 0 Å². The number of benzene rings is 1. The largest absolute Gasteiger partial charge is 0.300 e. The van der Waals surface area contributed by atoms with Crippen LogP contribution in [0.3, 0.4) is 0 Å². The molecule has 0 spiro atoms. The number of carbonyl (C=O) groups excluding carboxylic acids is 1. The zero-order valence-electron chi connectivity index (χ0n) is 11.3. The van der Waals surface area contributed by atoms with Gasteiger partial charge in [0.05, 0.1) is 0 Å². The van der Waals surface area contributed by atoms with Crippen LogP contribution in [0.2, 0.25) is 0 Å². The average molecular weight is 248 g/mol. The normalized spacial score (nSPS) is 32.2. The van der Waals surface area contributed by atoms with Crippen LogP contribution in [-0.4, -0.2) is 12.0 Å². The zero-order chi connectivity index (χ0) is 13.3. The number of ketones is 1. The van der Waals surface area contributed by atoms with Crippen LogP contribution in [0, 0.1) is 18.8 Å². The summed E-state index contributed by atoms with van der Waals surface area (Å²) in [5, 5.41) is 0. The molecule has 0 heterocycles. The molecule has 1 saturated carbocycles. The Labute approximate surface area is 108 Å². The molecule has 2 rings (SSSR count). The highest BCUT2D eigenvalue weighted by Gasteiger charge is 2.38. The smallest absolute Gasteiger partial charge is 0.132 e. The first-order valence-corrected chi connectivity index (χ1v) is 6.70. The van der Waals surface area contributed by atoms with E-state index in [9.17, 15) is 9.18 Å². The number of halogens is 1. The summed E-state index contributed by atoms with van der Waals surface area (Å²) in [5.74, 6) is 0.0741. The molecule has 0 amide bonds. The second kappa shape index (κ2) is 5.21. The molecule has 0 N–H and O–H groups in total.